The third kappa shape index (κ3) is 4.98. The lowest BCUT2D eigenvalue weighted by molar-refractivity contribution is -0.137. The summed E-state index contributed by atoms with van der Waals surface area (Å²) in [5, 5.41) is 11.3. The van der Waals surface area contributed by atoms with E-state index in [0.29, 0.717) is 37.4 Å². The number of ether oxygens (including phenoxy) is 1. The molecule has 0 bridgehead atoms. The molecule has 0 saturated carbocycles. The van der Waals surface area contributed by atoms with Crippen molar-refractivity contribution in [3.05, 3.63) is 24.3 Å². The first-order chi connectivity index (χ1) is 11.1. The van der Waals surface area contributed by atoms with Crippen LogP contribution in [0, 0.1) is 0 Å². The van der Waals surface area contributed by atoms with E-state index in [4.69, 9.17) is 9.84 Å². The number of hydrogen-bond donors (Lipinski definition) is 2. The van der Waals surface area contributed by atoms with Gasteiger partial charge in [-0.3, -0.25) is 14.4 Å². The van der Waals surface area contributed by atoms with Gasteiger partial charge in [-0.15, -0.1) is 0 Å². The Labute approximate surface area is 134 Å². The summed E-state index contributed by atoms with van der Waals surface area (Å²) < 4.78 is 5.34. The molecule has 0 saturated heterocycles. The Morgan fingerprint density at radius 2 is 2.00 bits per heavy atom. The van der Waals surface area contributed by atoms with Crippen LogP contribution in [0.2, 0.25) is 0 Å². The molecule has 23 heavy (non-hydrogen) atoms. The summed E-state index contributed by atoms with van der Waals surface area (Å²) in [7, 11) is 0. The number of unbranched alkanes of at least 4 members (excludes halogenated alkanes) is 1. The zero-order valence-corrected chi connectivity index (χ0v) is 12.8. The Balaban J connectivity index is 1.76. The first-order valence-corrected chi connectivity index (χ1v) is 7.58. The Hall–Kier alpha value is -2.57. The molecule has 0 aliphatic carbocycles. The number of aliphatic carboxylic acids is 1. The third-order valence-corrected chi connectivity index (χ3v) is 3.51. The number of amides is 2. The number of rotatable bonds is 8. The smallest absolute Gasteiger partial charge is 0.303 e. The molecular weight excluding hydrogens is 300 g/mol. The van der Waals surface area contributed by atoms with Crippen LogP contribution in [0.25, 0.3) is 0 Å². The van der Waals surface area contributed by atoms with Gasteiger partial charge in [-0.25, -0.2) is 0 Å². The van der Waals surface area contributed by atoms with E-state index in [1.807, 2.05) is 12.1 Å². The van der Waals surface area contributed by atoms with Crippen molar-refractivity contribution < 1.29 is 24.2 Å². The number of nitrogens with one attached hydrogen (secondary N) is 1. The number of carbonyl (C=O) groups is 3. The van der Waals surface area contributed by atoms with Crippen molar-refractivity contribution in [3.63, 3.8) is 0 Å². The molecule has 0 aromatic heterocycles. The summed E-state index contributed by atoms with van der Waals surface area (Å²) in [5.74, 6) is -0.517. The second-order valence-corrected chi connectivity index (χ2v) is 5.25. The molecule has 2 N–H and O–H groups in total. The van der Waals surface area contributed by atoms with Crippen LogP contribution < -0.4 is 15.0 Å². The first-order valence-electron chi connectivity index (χ1n) is 7.58. The fraction of sp³-hybridized carbons (Fsp3) is 0.438. The van der Waals surface area contributed by atoms with E-state index >= 15 is 0 Å². The highest BCUT2D eigenvalue weighted by Crippen LogP contribution is 2.31. The van der Waals surface area contributed by atoms with E-state index in [2.05, 4.69) is 5.32 Å². The predicted octanol–water partition coefficient (Wildman–Crippen LogP) is 1.17. The van der Waals surface area contributed by atoms with Crippen LogP contribution in [0.3, 0.4) is 0 Å². The van der Waals surface area contributed by atoms with E-state index in [1.165, 1.54) is 0 Å². The summed E-state index contributed by atoms with van der Waals surface area (Å²) in [4.78, 5) is 35.7. The third-order valence-electron chi connectivity index (χ3n) is 3.51. The van der Waals surface area contributed by atoms with E-state index in [1.54, 1.807) is 17.0 Å². The van der Waals surface area contributed by atoms with Crippen molar-refractivity contribution in [1.29, 1.82) is 0 Å². The second kappa shape index (κ2) is 8.17. The highest BCUT2D eigenvalue weighted by Gasteiger charge is 2.25. The van der Waals surface area contributed by atoms with Gasteiger partial charge in [0.15, 0.2) is 6.61 Å². The van der Waals surface area contributed by atoms with Crippen LogP contribution in [-0.4, -0.2) is 42.6 Å². The normalized spacial score (nSPS) is 13.2. The van der Waals surface area contributed by atoms with E-state index in [0.717, 1.165) is 0 Å². The van der Waals surface area contributed by atoms with Crippen molar-refractivity contribution >= 4 is 23.5 Å². The molecule has 124 valence electrons. The van der Waals surface area contributed by atoms with E-state index < -0.39 is 5.97 Å². The molecule has 0 unspecified atom stereocenters. The average molecular weight is 320 g/mol. The van der Waals surface area contributed by atoms with Crippen LogP contribution in [0.15, 0.2) is 24.3 Å². The second-order valence-electron chi connectivity index (χ2n) is 5.25. The van der Waals surface area contributed by atoms with Crippen molar-refractivity contribution in [1.82, 2.24) is 5.32 Å². The standard InChI is InChI=1S/C16H20N2O5/c19-14(17-9-4-3-7-16(21)22)8-10-18-12-5-1-2-6-13(12)23-11-15(18)20/h1-2,5-6H,3-4,7-11H2,(H,17,19)(H,21,22). The molecule has 0 spiro atoms. The molecule has 1 aliphatic rings. The quantitative estimate of drug-likeness (QED) is 0.701. The van der Waals surface area contributed by atoms with Crippen molar-refractivity contribution in [2.24, 2.45) is 0 Å². The van der Waals surface area contributed by atoms with Crippen LogP contribution in [-0.2, 0) is 14.4 Å². The number of hydrogen-bond acceptors (Lipinski definition) is 4. The minimum Gasteiger partial charge on any atom is -0.482 e. The number of carboxylic acids is 1. The summed E-state index contributed by atoms with van der Waals surface area (Å²) in [6.45, 7) is 0.716. The maximum atomic E-state index is 11.9. The largest absolute Gasteiger partial charge is 0.482 e. The summed E-state index contributed by atoms with van der Waals surface area (Å²) >= 11 is 0. The van der Waals surface area contributed by atoms with Crippen LogP contribution in [0.4, 0.5) is 5.69 Å². The van der Waals surface area contributed by atoms with Crippen LogP contribution in [0.1, 0.15) is 25.7 Å². The minimum absolute atomic E-state index is 0.0200. The van der Waals surface area contributed by atoms with Gasteiger partial charge in [-0.2, -0.15) is 0 Å². The Morgan fingerprint density at radius 3 is 2.78 bits per heavy atom. The summed E-state index contributed by atoms with van der Waals surface area (Å²) in [6.07, 6.45) is 1.45. The van der Waals surface area contributed by atoms with Gasteiger partial charge in [-0.05, 0) is 25.0 Å². The molecule has 1 aliphatic heterocycles. The molecule has 1 aromatic rings. The number of carbonyl (C=O) groups excluding carboxylic acids is 2. The Kier molecular flexibility index (Phi) is 5.96. The summed E-state index contributed by atoms with van der Waals surface area (Å²) in [5.41, 5.74) is 0.679. The molecule has 7 heteroatoms. The lowest BCUT2D eigenvalue weighted by Crippen LogP contribution is -2.41. The average Bonchev–Trinajstić information content (AvgIpc) is 2.53. The monoisotopic (exact) mass is 320 g/mol. The number of benzene rings is 1. The molecule has 2 amide bonds. The molecule has 0 atom stereocenters. The van der Waals surface area contributed by atoms with Crippen LogP contribution >= 0.6 is 0 Å². The van der Waals surface area contributed by atoms with E-state index in [9.17, 15) is 14.4 Å². The van der Waals surface area contributed by atoms with Crippen molar-refractivity contribution in [3.8, 4) is 5.75 Å². The van der Waals surface area contributed by atoms with Gasteiger partial charge in [0, 0.05) is 25.9 Å². The SMILES string of the molecule is O=C(O)CCCCNC(=O)CCN1C(=O)COc2ccccc21. The number of anilines is 1. The Bertz CT molecular complexity index is 588. The molecular formula is C16H20N2O5. The molecule has 0 radical (unpaired) electrons. The summed E-state index contributed by atoms with van der Waals surface area (Å²) in [6, 6.07) is 7.22. The Morgan fingerprint density at radius 1 is 1.22 bits per heavy atom. The number of fused-ring (bicyclic) bond motifs is 1. The number of para-hydroxylation sites is 2. The van der Waals surface area contributed by atoms with Crippen LogP contribution in [0.5, 0.6) is 5.75 Å². The lowest BCUT2D eigenvalue weighted by Gasteiger charge is -2.29. The maximum absolute atomic E-state index is 11.9. The fourth-order valence-electron chi connectivity index (χ4n) is 2.33. The molecule has 0 fully saturated rings. The minimum atomic E-state index is -0.833. The molecule has 2 rings (SSSR count). The molecule has 1 heterocycles. The zero-order valence-electron chi connectivity index (χ0n) is 12.8. The number of carboxylic acid groups (broad SMARTS) is 1. The van der Waals surface area contributed by atoms with Gasteiger partial charge in [0.05, 0.1) is 5.69 Å². The highest BCUT2D eigenvalue weighted by atomic mass is 16.5. The number of nitrogens with zero attached hydrogens (tertiary/aromatic N) is 1. The first kappa shape index (κ1) is 16.8. The zero-order chi connectivity index (χ0) is 16.7. The van der Waals surface area contributed by atoms with Gasteiger partial charge < -0.3 is 20.1 Å². The maximum Gasteiger partial charge on any atom is 0.303 e. The van der Waals surface area contributed by atoms with Gasteiger partial charge in [0.1, 0.15) is 5.75 Å². The van der Waals surface area contributed by atoms with E-state index in [-0.39, 0.29) is 31.3 Å². The topological polar surface area (TPSA) is 95.9 Å². The van der Waals surface area contributed by atoms with Gasteiger partial charge in [0.25, 0.3) is 5.91 Å². The molecule has 1 aromatic carbocycles. The lowest BCUT2D eigenvalue weighted by atomic mass is 10.2. The van der Waals surface area contributed by atoms with Gasteiger partial charge in [-0.1, -0.05) is 12.1 Å². The van der Waals surface area contributed by atoms with Gasteiger partial charge >= 0.3 is 5.97 Å². The predicted molar refractivity (Wildman–Crippen MR) is 83.4 cm³/mol. The highest BCUT2D eigenvalue weighted by molar-refractivity contribution is 5.98. The van der Waals surface area contributed by atoms with Crippen molar-refractivity contribution in [2.45, 2.75) is 25.7 Å². The van der Waals surface area contributed by atoms with Gasteiger partial charge in [0.2, 0.25) is 5.91 Å². The molecule has 7 nitrogen and oxygen atoms in total. The fourth-order valence-corrected chi connectivity index (χ4v) is 2.33. The van der Waals surface area contributed by atoms with Crippen molar-refractivity contribution in [2.75, 3.05) is 24.6 Å².